The molecule has 0 radical (unpaired) electrons. The van der Waals surface area contributed by atoms with Gasteiger partial charge in [-0.3, -0.25) is 4.90 Å². The standard InChI is InChI=1S/C22H28N4O/c1-15-5-4-10-25(12-15)14-19-22(17-6-8-20(27-3)16(2)11-17)24-21-9-7-18(23)13-26(19)21/h6-9,11,13,15H,4-5,10,12,14,23H2,1-3H3. The predicted octanol–water partition coefficient (Wildman–Crippen LogP) is 4.13. The van der Waals surface area contributed by atoms with Gasteiger partial charge in [0.2, 0.25) is 0 Å². The Hall–Kier alpha value is -2.53. The number of pyridine rings is 1. The van der Waals surface area contributed by atoms with Gasteiger partial charge in [0, 0.05) is 30.5 Å². The third kappa shape index (κ3) is 3.52. The molecule has 0 aliphatic carbocycles. The molecule has 3 aromatic rings. The lowest BCUT2D eigenvalue weighted by atomic mass is 10.00. The zero-order valence-electron chi connectivity index (χ0n) is 16.4. The van der Waals surface area contributed by atoms with E-state index in [9.17, 15) is 0 Å². The van der Waals surface area contributed by atoms with Crippen molar-refractivity contribution >= 4 is 11.3 Å². The average Bonchev–Trinajstić information content (AvgIpc) is 2.99. The average molecular weight is 364 g/mol. The number of nitrogen functional groups attached to an aromatic ring is 1. The number of anilines is 1. The Morgan fingerprint density at radius 3 is 2.85 bits per heavy atom. The lowest BCUT2D eigenvalue weighted by molar-refractivity contribution is 0.174. The van der Waals surface area contributed by atoms with Crippen LogP contribution in [0.4, 0.5) is 5.69 Å². The second-order valence-electron chi connectivity index (χ2n) is 7.76. The number of aromatic nitrogens is 2. The fourth-order valence-corrected chi connectivity index (χ4v) is 4.16. The van der Waals surface area contributed by atoms with Crippen LogP contribution in [-0.4, -0.2) is 34.5 Å². The molecule has 1 aliphatic heterocycles. The fourth-order valence-electron chi connectivity index (χ4n) is 4.16. The van der Waals surface area contributed by atoms with E-state index in [0.29, 0.717) is 0 Å². The monoisotopic (exact) mass is 364 g/mol. The summed E-state index contributed by atoms with van der Waals surface area (Å²) in [6, 6.07) is 10.2. The van der Waals surface area contributed by atoms with Crippen LogP contribution >= 0.6 is 0 Å². The molecule has 0 bridgehead atoms. The van der Waals surface area contributed by atoms with E-state index in [2.05, 4.69) is 35.3 Å². The van der Waals surface area contributed by atoms with Crippen LogP contribution in [0.2, 0.25) is 0 Å². The van der Waals surface area contributed by atoms with Gasteiger partial charge in [-0.25, -0.2) is 4.98 Å². The molecule has 2 aromatic heterocycles. The molecule has 5 nitrogen and oxygen atoms in total. The molecule has 1 atom stereocenters. The van der Waals surface area contributed by atoms with Crippen molar-refractivity contribution < 1.29 is 4.74 Å². The van der Waals surface area contributed by atoms with Crippen molar-refractivity contribution in [1.29, 1.82) is 0 Å². The first kappa shape index (κ1) is 17.9. The molecular formula is C22H28N4O. The molecular weight excluding hydrogens is 336 g/mol. The molecule has 27 heavy (non-hydrogen) atoms. The zero-order valence-corrected chi connectivity index (χ0v) is 16.4. The molecule has 142 valence electrons. The first-order valence-corrected chi connectivity index (χ1v) is 9.69. The van der Waals surface area contributed by atoms with Gasteiger partial charge in [-0.1, -0.05) is 6.92 Å². The number of imidazole rings is 1. The predicted molar refractivity (Wildman–Crippen MR) is 110 cm³/mol. The van der Waals surface area contributed by atoms with E-state index >= 15 is 0 Å². The lowest BCUT2D eigenvalue weighted by Crippen LogP contribution is -2.34. The summed E-state index contributed by atoms with van der Waals surface area (Å²) in [5.74, 6) is 1.65. The van der Waals surface area contributed by atoms with Crippen molar-refractivity contribution in [2.24, 2.45) is 5.92 Å². The highest BCUT2D eigenvalue weighted by molar-refractivity contribution is 5.69. The highest BCUT2D eigenvalue weighted by Gasteiger charge is 2.21. The van der Waals surface area contributed by atoms with E-state index in [4.69, 9.17) is 15.5 Å². The van der Waals surface area contributed by atoms with Crippen molar-refractivity contribution in [1.82, 2.24) is 14.3 Å². The summed E-state index contributed by atoms with van der Waals surface area (Å²) >= 11 is 0. The van der Waals surface area contributed by atoms with Crippen molar-refractivity contribution in [2.45, 2.75) is 33.2 Å². The summed E-state index contributed by atoms with van der Waals surface area (Å²) in [6.45, 7) is 7.57. The van der Waals surface area contributed by atoms with Gasteiger partial charge in [-0.05, 0) is 68.1 Å². The maximum absolute atomic E-state index is 6.08. The molecule has 0 saturated carbocycles. The number of ether oxygens (including phenoxy) is 1. The summed E-state index contributed by atoms with van der Waals surface area (Å²) in [4.78, 5) is 7.49. The van der Waals surface area contributed by atoms with Crippen molar-refractivity contribution in [3.8, 4) is 17.0 Å². The third-order valence-corrected chi connectivity index (χ3v) is 5.52. The van der Waals surface area contributed by atoms with Gasteiger partial charge >= 0.3 is 0 Å². The topological polar surface area (TPSA) is 55.8 Å². The molecule has 1 saturated heterocycles. The van der Waals surface area contributed by atoms with Crippen LogP contribution in [0, 0.1) is 12.8 Å². The number of hydrogen-bond acceptors (Lipinski definition) is 4. The Morgan fingerprint density at radius 2 is 2.11 bits per heavy atom. The molecule has 1 fully saturated rings. The summed E-state index contributed by atoms with van der Waals surface area (Å²) < 4.78 is 7.58. The van der Waals surface area contributed by atoms with Crippen LogP contribution in [0.25, 0.3) is 16.9 Å². The number of nitrogens with two attached hydrogens (primary N) is 1. The van der Waals surface area contributed by atoms with E-state index in [1.807, 2.05) is 24.4 Å². The summed E-state index contributed by atoms with van der Waals surface area (Å²) in [7, 11) is 1.71. The number of piperidine rings is 1. The number of likely N-dealkylation sites (tertiary alicyclic amines) is 1. The SMILES string of the molecule is COc1ccc(-c2nc3ccc(N)cn3c2CN2CCCC(C)C2)cc1C. The normalized spacial score (nSPS) is 18.1. The highest BCUT2D eigenvalue weighted by Crippen LogP contribution is 2.31. The third-order valence-electron chi connectivity index (χ3n) is 5.52. The minimum atomic E-state index is 0.745. The smallest absolute Gasteiger partial charge is 0.137 e. The van der Waals surface area contributed by atoms with Crippen LogP contribution in [0.5, 0.6) is 5.75 Å². The van der Waals surface area contributed by atoms with Crippen LogP contribution in [0.1, 0.15) is 31.0 Å². The summed E-state index contributed by atoms with van der Waals surface area (Å²) in [6.07, 6.45) is 4.57. The number of hydrogen-bond donors (Lipinski definition) is 1. The van der Waals surface area contributed by atoms with Crippen LogP contribution in [0.3, 0.4) is 0 Å². The molecule has 1 aromatic carbocycles. The Bertz CT molecular complexity index is 962. The largest absolute Gasteiger partial charge is 0.496 e. The second kappa shape index (κ2) is 7.24. The van der Waals surface area contributed by atoms with Gasteiger partial charge in [0.1, 0.15) is 11.4 Å². The number of rotatable bonds is 4. The molecule has 0 spiro atoms. The van der Waals surface area contributed by atoms with Gasteiger partial charge in [0.15, 0.2) is 0 Å². The number of aryl methyl sites for hydroxylation is 1. The first-order chi connectivity index (χ1) is 13.0. The van der Waals surface area contributed by atoms with Gasteiger partial charge < -0.3 is 14.9 Å². The van der Waals surface area contributed by atoms with Crippen LogP contribution < -0.4 is 10.5 Å². The minimum absolute atomic E-state index is 0.745. The van der Waals surface area contributed by atoms with Crippen molar-refractivity contribution in [3.63, 3.8) is 0 Å². The molecule has 1 unspecified atom stereocenters. The van der Waals surface area contributed by atoms with E-state index < -0.39 is 0 Å². The molecule has 5 heteroatoms. The van der Waals surface area contributed by atoms with Gasteiger partial charge in [0.05, 0.1) is 18.5 Å². The maximum atomic E-state index is 6.08. The summed E-state index contributed by atoms with van der Waals surface area (Å²) in [5, 5.41) is 0. The second-order valence-corrected chi connectivity index (χ2v) is 7.76. The van der Waals surface area contributed by atoms with Crippen molar-refractivity contribution in [2.75, 3.05) is 25.9 Å². The first-order valence-electron chi connectivity index (χ1n) is 9.69. The number of fused-ring (bicyclic) bond motifs is 1. The van der Waals surface area contributed by atoms with E-state index in [0.717, 1.165) is 59.5 Å². The Labute approximate surface area is 160 Å². The fraction of sp³-hybridized carbons (Fsp3) is 0.409. The Morgan fingerprint density at radius 1 is 1.26 bits per heavy atom. The van der Waals surface area contributed by atoms with E-state index in [1.165, 1.54) is 18.5 Å². The number of nitrogens with zero attached hydrogens (tertiary/aromatic N) is 3. The van der Waals surface area contributed by atoms with E-state index in [1.54, 1.807) is 7.11 Å². The van der Waals surface area contributed by atoms with Crippen LogP contribution in [-0.2, 0) is 6.54 Å². The minimum Gasteiger partial charge on any atom is -0.496 e. The molecule has 0 amide bonds. The number of methoxy groups -OCH3 is 1. The Kier molecular flexibility index (Phi) is 4.79. The van der Waals surface area contributed by atoms with Gasteiger partial charge in [-0.2, -0.15) is 0 Å². The molecule has 4 rings (SSSR count). The van der Waals surface area contributed by atoms with Gasteiger partial charge in [0.25, 0.3) is 0 Å². The van der Waals surface area contributed by atoms with Crippen molar-refractivity contribution in [3.05, 3.63) is 47.8 Å². The zero-order chi connectivity index (χ0) is 19.0. The maximum Gasteiger partial charge on any atom is 0.137 e. The highest BCUT2D eigenvalue weighted by atomic mass is 16.5. The Balaban J connectivity index is 1.80. The molecule has 3 heterocycles. The quantitative estimate of drug-likeness (QED) is 0.756. The molecule has 2 N–H and O–H groups in total. The van der Waals surface area contributed by atoms with Crippen LogP contribution in [0.15, 0.2) is 36.5 Å². The summed E-state index contributed by atoms with van der Waals surface area (Å²) in [5.41, 5.74) is 12.2. The van der Waals surface area contributed by atoms with E-state index in [-0.39, 0.29) is 0 Å². The molecule has 1 aliphatic rings. The number of benzene rings is 1. The van der Waals surface area contributed by atoms with Gasteiger partial charge in [-0.15, -0.1) is 0 Å². The lowest BCUT2D eigenvalue weighted by Gasteiger charge is -2.30.